The first kappa shape index (κ1) is 143. The number of amides is 6. The molecule has 2 rings (SSSR count). The van der Waals surface area contributed by atoms with Gasteiger partial charge in [-0.05, 0) is 162 Å². The zero-order chi connectivity index (χ0) is 116. The van der Waals surface area contributed by atoms with Gasteiger partial charge in [0.2, 0.25) is 35.4 Å². The van der Waals surface area contributed by atoms with Gasteiger partial charge in [-0.3, -0.25) is 91.1 Å². The summed E-state index contributed by atoms with van der Waals surface area (Å²) in [5.41, 5.74) is 0.582. The van der Waals surface area contributed by atoms with Crippen LogP contribution in [-0.4, -0.2) is 239 Å². The Bertz CT molecular complexity index is 4310. The van der Waals surface area contributed by atoms with Crippen LogP contribution in [0.3, 0.4) is 0 Å². The normalized spacial score (nSPS) is 13.4. The average Bonchev–Trinajstić information content (AvgIpc) is 0.859. The number of aliphatic carboxylic acids is 12. The summed E-state index contributed by atoms with van der Waals surface area (Å²) in [5.74, 6) is -19.4. The SMILES string of the molecule is CC(C)(C)C(CC(=O)CCCCC(=O)NC(C(=O)O)C(C)(C)C)C(=O)O.CC(C)C(CC(=O)CCCCC(=O)NC(C(=O)O)C(C)C)C(=O)O.CC(C)CC(CC(=O)CCCCC(=O)NC(CC(C)C)C(=O)O)C(=O)O.CC(CC(=O)CCCCC(=O)NC(C)C(=O)O)C(=O)O.CCC(CC(=O)CCCCC(=O)NC(CC)C(=O)O)C(=O)O.O=C(CCCCC(=O)NC(Cc1ccccc1)C(=O)O)CC(Cc1ccccc1)C(=O)O. The lowest BCUT2D eigenvalue weighted by Crippen LogP contribution is -2.49. The van der Waals surface area contributed by atoms with Gasteiger partial charge in [0.15, 0.2) is 0 Å². The number of carboxylic acids is 12. The molecule has 0 aliphatic carbocycles. The predicted octanol–water partition coefficient (Wildman–Crippen LogP) is 13.5. The van der Waals surface area contributed by atoms with Gasteiger partial charge in [0.05, 0.1) is 35.5 Å². The third-order valence-electron chi connectivity index (χ3n) is 23.7. The van der Waals surface area contributed by atoms with Crippen LogP contribution in [0.15, 0.2) is 60.7 Å². The minimum Gasteiger partial charge on any atom is -0.481 e. The van der Waals surface area contributed by atoms with Crippen LogP contribution in [0, 0.1) is 70.0 Å². The summed E-state index contributed by atoms with van der Waals surface area (Å²) in [6.45, 7) is 31.4. The largest absolute Gasteiger partial charge is 0.481 e. The monoisotopic (exact) mass is 2130 g/mol. The molecular weight excluding hydrogens is 1960 g/mol. The van der Waals surface area contributed by atoms with Crippen molar-refractivity contribution in [3.8, 4) is 0 Å². The van der Waals surface area contributed by atoms with E-state index in [4.69, 9.17) is 40.9 Å². The van der Waals surface area contributed by atoms with Crippen molar-refractivity contribution in [2.24, 2.45) is 70.0 Å². The number of carboxylic acid groups (broad SMARTS) is 12. The highest BCUT2D eigenvalue weighted by Gasteiger charge is 2.36. The van der Waals surface area contributed by atoms with Crippen LogP contribution in [0.1, 0.15) is 354 Å². The van der Waals surface area contributed by atoms with Crippen molar-refractivity contribution in [3.05, 3.63) is 71.8 Å². The van der Waals surface area contributed by atoms with Crippen molar-refractivity contribution < 1.29 is 176 Å². The molecular formula is C108H170N6O36. The molecule has 0 spiro atoms. The summed E-state index contributed by atoms with van der Waals surface area (Å²) in [7, 11) is 0. The number of ketones is 6. The Balaban J connectivity index is -0.000000858. The molecule has 0 fully saturated rings. The number of hydrogen-bond acceptors (Lipinski definition) is 24. The van der Waals surface area contributed by atoms with Crippen LogP contribution in [-0.2, 0) is 128 Å². The lowest BCUT2D eigenvalue weighted by molar-refractivity contribution is -0.148. The van der Waals surface area contributed by atoms with Crippen LogP contribution in [0.2, 0.25) is 0 Å². The highest BCUT2D eigenvalue weighted by Crippen LogP contribution is 2.31. The fraction of sp³-hybridized carbons (Fsp3) is 0.667. The maximum Gasteiger partial charge on any atom is 0.326 e. The minimum absolute atomic E-state index is 0.00240. The highest BCUT2D eigenvalue weighted by atomic mass is 16.4. The summed E-state index contributed by atoms with van der Waals surface area (Å²) < 4.78 is 0. The van der Waals surface area contributed by atoms with Crippen molar-refractivity contribution in [2.45, 2.75) is 392 Å². The van der Waals surface area contributed by atoms with Gasteiger partial charge in [-0.25, -0.2) is 24.0 Å². The first-order chi connectivity index (χ1) is 69.6. The number of unbranched alkanes of at least 4 members (excludes halogenated alkanes) is 6. The van der Waals surface area contributed by atoms with E-state index in [0.717, 1.165) is 11.1 Å². The number of hydrogen-bond donors (Lipinski definition) is 18. The molecule has 0 saturated heterocycles. The Hall–Kier alpha value is -13.1. The average molecular weight is 2130 g/mol. The smallest absolute Gasteiger partial charge is 0.326 e. The zero-order valence-electron chi connectivity index (χ0n) is 90.6. The summed E-state index contributed by atoms with van der Waals surface area (Å²) in [6, 6.07) is 12.6. The zero-order valence-corrected chi connectivity index (χ0v) is 90.6. The second-order valence-electron chi connectivity index (χ2n) is 41.3. The Labute approximate surface area is 879 Å². The number of nitrogens with one attached hydrogen (secondary N) is 6. The molecule has 0 aromatic heterocycles. The topological polar surface area (TPSA) is 725 Å². The first-order valence-corrected chi connectivity index (χ1v) is 51.3. The van der Waals surface area contributed by atoms with Gasteiger partial charge in [-0.1, -0.05) is 178 Å². The standard InChI is InChI=1S/C25H29NO6.2C19H33NO6.C17H29NO6.C15H25NO6.C13H21NO6/c27-21(17-20(24(29)30)15-18-9-3-1-4-10-18)13-7-8-14-23(28)26-22(25(31)32)16-19-11-5-2-6-12-19;1-18(2,3)13(16(23)24)11-12(21)9-7-8-10-14(22)20-15(17(25)26)19(4,5)6;1-12(2)9-14(18(23)24)11-15(21)7-5-6-8-17(22)20-16(19(25)26)10-13(3)4;1-10(2)13(16(21)22)9-12(19)7-5-6-8-14(20)18-15(11(3)4)17(23)24;1-3-10(14(19)20)9-11(17)7-5-6-8-13(18)16-12(4-2)15(21)22;1-8(12(17)18)7-10(15)5-3-4-6-11(16)14-9(2)13(19)20/h1-6,9-12,20,22H,7-8,13-17H2,(H,26,28)(H,29,30)(H,31,32);13,15H,7-11H2,1-6H3,(H,20,22)(H,23,24)(H,25,26);12-14,16H,5-11H2,1-4H3,(H,20,22)(H,23,24)(H,25,26);10-11,13,15H,5-9H2,1-4H3,(H,18,20)(H,21,22)(H,23,24);10,12H,3-9H2,1-2H3,(H,16,18)(H,19,20)(H,21,22);8-9H,3-7H2,1-2H3,(H,14,16)(H,17,18)(H,19,20). The Morgan fingerprint density at radius 2 is 0.580 bits per heavy atom. The molecule has 42 heteroatoms. The van der Waals surface area contributed by atoms with E-state index in [-0.39, 0.29) is 216 Å². The highest BCUT2D eigenvalue weighted by molar-refractivity contribution is 5.91. The molecule has 12 unspecified atom stereocenters. The molecule has 0 saturated carbocycles. The molecule has 12 atom stereocenters. The third kappa shape index (κ3) is 73.9. The van der Waals surface area contributed by atoms with E-state index in [1.807, 2.05) is 76.2 Å². The van der Waals surface area contributed by atoms with Crippen molar-refractivity contribution in [1.82, 2.24) is 31.9 Å². The maximum absolute atomic E-state index is 12.2. The molecule has 42 nitrogen and oxygen atoms in total. The van der Waals surface area contributed by atoms with E-state index in [9.17, 15) is 135 Å². The lowest BCUT2D eigenvalue weighted by atomic mass is 9.77. The molecule has 2 aromatic rings. The molecule has 0 radical (unpaired) electrons. The van der Waals surface area contributed by atoms with E-state index >= 15 is 0 Å². The summed E-state index contributed by atoms with van der Waals surface area (Å²) in [4.78, 5) is 274. The van der Waals surface area contributed by atoms with Gasteiger partial charge in [-0.15, -0.1) is 0 Å². The predicted molar refractivity (Wildman–Crippen MR) is 552 cm³/mol. The molecule has 2 aromatic carbocycles. The van der Waals surface area contributed by atoms with Crippen molar-refractivity contribution in [2.75, 3.05) is 0 Å². The summed E-state index contributed by atoms with van der Waals surface area (Å²) >= 11 is 0. The van der Waals surface area contributed by atoms with Gasteiger partial charge in [0.25, 0.3) is 0 Å². The summed E-state index contributed by atoms with van der Waals surface area (Å²) in [5, 5.41) is 123. The van der Waals surface area contributed by atoms with Crippen molar-refractivity contribution in [3.63, 3.8) is 0 Å². The van der Waals surface area contributed by atoms with Crippen molar-refractivity contribution >= 4 is 142 Å². The number of benzene rings is 2. The van der Waals surface area contributed by atoms with Gasteiger partial charge in [0.1, 0.15) is 71.0 Å². The third-order valence-corrected chi connectivity index (χ3v) is 23.7. The molecule has 848 valence electrons. The van der Waals surface area contributed by atoms with E-state index in [2.05, 4.69) is 31.9 Å². The second-order valence-corrected chi connectivity index (χ2v) is 41.3. The quantitative estimate of drug-likeness (QED) is 0.0274. The Morgan fingerprint density at radius 3 is 0.880 bits per heavy atom. The molecule has 150 heavy (non-hydrogen) atoms. The van der Waals surface area contributed by atoms with Crippen LogP contribution in [0.5, 0.6) is 0 Å². The van der Waals surface area contributed by atoms with E-state index in [1.165, 1.54) is 13.8 Å². The van der Waals surface area contributed by atoms with Gasteiger partial charge in [-0.2, -0.15) is 0 Å². The maximum atomic E-state index is 12.2. The minimum atomic E-state index is -1.10. The Morgan fingerprint density at radius 1 is 0.260 bits per heavy atom. The fourth-order valence-corrected chi connectivity index (χ4v) is 14.6. The van der Waals surface area contributed by atoms with E-state index < -0.39 is 154 Å². The van der Waals surface area contributed by atoms with Crippen LogP contribution in [0.25, 0.3) is 0 Å². The van der Waals surface area contributed by atoms with Gasteiger partial charge in [0, 0.05) is 122 Å². The van der Waals surface area contributed by atoms with Crippen LogP contribution < -0.4 is 31.9 Å². The molecule has 0 aliphatic rings. The number of Topliss-reactive ketones (excluding diaryl/α,β-unsaturated/α-hetero) is 6. The molecule has 0 heterocycles. The molecule has 0 aliphatic heterocycles. The molecule has 18 N–H and O–H groups in total. The second kappa shape index (κ2) is 79.0. The molecule has 0 bridgehead atoms. The van der Waals surface area contributed by atoms with Crippen molar-refractivity contribution in [1.29, 1.82) is 0 Å². The summed E-state index contributed by atoms with van der Waals surface area (Å²) in [6.07, 6.45) is 9.84. The fourth-order valence-electron chi connectivity index (χ4n) is 14.6. The van der Waals surface area contributed by atoms with Gasteiger partial charge >= 0.3 is 71.6 Å². The molecule has 6 amide bonds. The number of carbonyl (C=O) groups is 24. The first-order valence-electron chi connectivity index (χ1n) is 51.3. The van der Waals surface area contributed by atoms with E-state index in [1.54, 1.807) is 95.2 Å². The number of rotatable bonds is 72. The Kier molecular flexibility index (Phi) is 75.4. The lowest BCUT2D eigenvalue weighted by Gasteiger charge is -2.27. The number of carbonyl (C=O) groups excluding carboxylic acids is 12. The van der Waals surface area contributed by atoms with Gasteiger partial charge < -0.3 is 93.2 Å². The van der Waals surface area contributed by atoms with Crippen LogP contribution >= 0.6 is 0 Å². The van der Waals surface area contributed by atoms with Crippen LogP contribution in [0.4, 0.5) is 0 Å². The van der Waals surface area contributed by atoms with E-state index in [0.29, 0.717) is 109 Å².